The fourth-order valence-electron chi connectivity index (χ4n) is 1.25. The third-order valence-electron chi connectivity index (χ3n) is 1.35. The van der Waals surface area contributed by atoms with Crippen LogP contribution in [0.2, 0.25) is 39.3 Å². The highest BCUT2D eigenvalue weighted by Gasteiger charge is 2.34. The van der Waals surface area contributed by atoms with Crippen LogP contribution in [0, 0.1) is 4.91 Å². The quantitative estimate of drug-likeness (QED) is 0.389. The van der Waals surface area contributed by atoms with Crippen molar-refractivity contribution in [1.29, 1.82) is 0 Å². The SMILES string of the molecule is C[Si](C)(C)N(N=O)[Si](C)(C)C. The summed E-state index contributed by atoms with van der Waals surface area (Å²) in [5.74, 6) is 0. The molecule has 0 aliphatic heterocycles. The van der Waals surface area contributed by atoms with Crippen molar-refractivity contribution in [2.24, 2.45) is 5.29 Å². The zero-order chi connectivity index (χ0) is 9.28. The van der Waals surface area contributed by atoms with Crippen LogP contribution in [-0.2, 0) is 0 Å². The van der Waals surface area contributed by atoms with Gasteiger partial charge in [-0.15, -0.1) is 4.91 Å². The Morgan fingerprint density at radius 1 is 0.909 bits per heavy atom. The summed E-state index contributed by atoms with van der Waals surface area (Å²) in [6, 6.07) is 0. The summed E-state index contributed by atoms with van der Waals surface area (Å²) in [6.45, 7) is 12.9. The van der Waals surface area contributed by atoms with E-state index in [9.17, 15) is 4.91 Å². The van der Waals surface area contributed by atoms with Gasteiger partial charge < -0.3 is 4.34 Å². The van der Waals surface area contributed by atoms with Crippen LogP contribution in [0.4, 0.5) is 0 Å². The maximum absolute atomic E-state index is 10.5. The number of hydrogen-bond acceptors (Lipinski definition) is 2. The van der Waals surface area contributed by atoms with Crippen LogP contribution < -0.4 is 0 Å². The molecule has 66 valence electrons. The number of hydrogen-bond donors (Lipinski definition) is 0. The average molecular weight is 190 g/mol. The molecule has 0 aliphatic rings. The molecular weight excluding hydrogens is 172 g/mol. The first-order chi connectivity index (χ1) is 4.69. The Labute approximate surface area is 70.9 Å². The number of nitroso groups, excluding NO2 is 1. The minimum absolute atomic E-state index is 1.51. The molecule has 5 heteroatoms. The maximum atomic E-state index is 10.5. The molecule has 0 aromatic rings. The third kappa shape index (κ3) is 3.15. The maximum Gasteiger partial charge on any atom is 0.162 e. The molecule has 0 unspecified atom stereocenters. The molecule has 0 bridgehead atoms. The second-order valence-corrected chi connectivity index (χ2v) is 14.7. The highest BCUT2D eigenvalue weighted by molar-refractivity contribution is 6.89. The van der Waals surface area contributed by atoms with Crippen LogP contribution in [0.1, 0.15) is 0 Å². The summed E-state index contributed by atoms with van der Waals surface area (Å²) in [7, 11) is -3.01. The molecule has 0 saturated carbocycles. The molecule has 0 aliphatic carbocycles. The Bertz CT molecular complexity index is 134. The molecule has 11 heavy (non-hydrogen) atoms. The van der Waals surface area contributed by atoms with E-state index in [1.54, 1.807) is 0 Å². The zero-order valence-corrected chi connectivity index (χ0v) is 10.3. The second kappa shape index (κ2) is 3.06. The molecule has 0 aromatic carbocycles. The van der Waals surface area contributed by atoms with Crippen molar-refractivity contribution in [3.8, 4) is 0 Å². The lowest BCUT2D eigenvalue weighted by Gasteiger charge is -2.37. The molecule has 0 N–H and O–H groups in total. The first-order valence-electron chi connectivity index (χ1n) is 3.83. The first-order valence-corrected chi connectivity index (χ1v) is 10.7. The molecule has 0 heterocycles. The Kier molecular flexibility index (Phi) is 3.01. The average Bonchev–Trinajstić information content (AvgIpc) is 1.56. The van der Waals surface area contributed by atoms with Gasteiger partial charge in [0.1, 0.15) is 0 Å². The van der Waals surface area contributed by atoms with Crippen molar-refractivity contribution in [3.05, 3.63) is 4.91 Å². The lowest BCUT2D eigenvalue weighted by Crippen LogP contribution is -2.55. The molecule has 0 rings (SSSR count). The molecule has 0 radical (unpaired) electrons. The fourth-order valence-corrected chi connectivity index (χ4v) is 9.79. The van der Waals surface area contributed by atoms with Crippen LogP contribution in [0.3, 0.4) is 0 Å². The summed E-state index contributed by atoms with van der Waals surface area (Å²) in [5.41, 5.74) is 0. The molecular formula is C6H18N2OSi2. The first kappa shape index (κ1) is 10.8. The van der Waals surface area contributed by atoms with E-state index in [1.807, 2.05) is 4.34 Å². The molecule has 0 spiro atoms. The minimum atomic E-state index is -1.51. The van der Waals surface area contributed by atoms with Gasteiger partial charge in [-0.25, -0.2) is 0 Å². The van der Waals surface area contributed by atoms with Crippen LogP contribution in [-0.4, -0.2) is 20.8 Å². The van der Waals surface area contributed by atoms with Gasteiger partial charge in [0.15, 0.2) is 16.5 Å². The fraction of sp³-hybridized carbons (Fsp3) is 1.00. The molecule has 0 amide bonds. The van der Waals surface area contributed by atoms with E-state index in [-0.39, 0.29) is 0 Å². The Hall–Kier alpha value is -0.166. The number of nitrogens with zero attached hydrogens (tertiary/aromatic N) is 2. The predicted molar refractivity (Wildman–Crippen MR) is 54.3 cm³/mol. The van der Waals surface area contributed by atoms with E-state index in [0.717, 1.165) is 0 Å². The van der Waals surface area contributed by atoms with Crippen molar-refractivity contribution in [2.45, 2.75) is 39.3 Å². The third-order valence-corrected chi connectivity index (χ3v) is 8.08. The Morgan fingerprint density at radius 3 is 1.18 bits per heavy atom. The van der Waals surface area contributed by atoms with Gasteiger partial charge in [-0.05, 0) is 0 Å². The van der Waals surface area contributed by atoms with Crippen molar-refractivity contribution >= 4 is 16.5 Å². The van der Waals surface area contributed by atoms with Crippen LogP contribution in [0.25, 0.3) is 0 Å². The van der Waals surface area contributed by atoms with Crippen molar-refractivity contribution in [1.82, 2.24) is 4.34 Å². The van der Waals surface area contributed by atoms with Gasteiger partial charge in [0.25, 0.3) is 0 Å². The van der Waals surface area contributed by atoms with E-state index < -0.39 is 16.5 Å². The smallest absolute Gasteiger partial charge is 0.162 e. The highest BCUT2D eigenvalue weighted by Crippen LogP contribution is 2.19. The van der Waals surface area contributed by atoms with E-state index >= 15 is 0 Å². The summed E-state index contributed by atoms with van der Waals surface area (Å²) in [6.07, 6.45) is 0. The number of rotatable bonds is 3. The molecule has 0 atom stereocenters. The largest absolute Gasteiger partial charge is 0.316 e. The minimum Gasteiger partial charge on any atom is -0.316 e. The van der Waals surface area contributed by atoms with Gasteiger partial charge in [0, 0.05) is 5.29 Å². The zero-order valence-electron chi connectivity index (χ0n) is 8.30. The molecule has 0 saturated heterocycles. The predicted octanol–water partition coefficient (Wildman–Crippen LogP) is 2.64. The second-order valence-electron chi connectivity index (χ2n) is 4.74. The molecule has 0 fully saturated rings. The van der Waals surface area contributed by atoms with E-state index in [1.165, 1.54) is 0 Å². The molecule has 0 aromatic heterocycles. The Balaban J connectivity index is 4.56. The molecule has 3 nitrogen and oxygen atoms in total. The van der Waals surface area contributed by atoms with Gasteiger partial charge in [0.05, 0.1) is 0 Å². The van der Waals surface area contributed by atoms with E-state index in [0.29, 0.717) is 0 Å². The monoisotopic (exact) mass is 190 g/mol. The van der Waals surface area contributed by atoms with Gasteiger partial charge in [-0.2, -0.15) is 0 Å². The van der Waals surface area contributed by atoms with Gasteiger partial charge in [0.2, 0.25) is 0 Å². The van der Waals surface area contributed by atoms with E-state index in [4.69, 9.17) is 0 Å². The van der Waals surface area contributed by atoms with Crippen molar-refractivity contribution < 1.29 is 0 Å². The standard InChI is InChI=1S/C6H18N2OSi2/c1-10(2,3)8(7-9)11(4,5)6/h1-6H3. The lowest BCUT2D eigenvalue weighted by molar-refractivity contribution is 0.658. The van der Waals surface area contributed by atoms with Gasteiger partial charge in [-0.1, -0.05) is 39.3 Å². The summed E-state index contributed by atoms with van der Waals surface area (Å²) >= 11 is 0. The van der Waals surface area contributed by atoms with Gasteiger partial charge >= 0.3 is 0 Å². The topological polar surface area (TPSA) is 32.7 Å². The van der Waals surface area contributed by atoms with Crippen LogP contribution in [0.5, 0.6) is 0 Å². The summed E-state index contributed by atoms with van der Waals surface area (Å²) in [5, 5.41) is 3.14. The Morgan fingerprint density at radius 2 is 1.18 bits per heavy atom. The van der Waals surface area contributed by atoms with Crippen LogP contribution in [0.15, 0.2) is 5.29 Å². The van der Waals surface area contributed by atoms with E-state index in [2.05, 4.69) is 44.6 Å². The summed E-state index contributed by atoms with van der Waals surface area (Å²) < 4.78 is 1.85. The van der Waals surface area contributed by atoms with Crippen molar-refractivity contribution in [2.75, 3.05) is 0 Å². The summed E-state index contributed by atoms with van der Waals surface area (Å²) in [4.78, 5) is 10.5. The normalized spacial score (nSPS) is 12.9. The van der Waals surface area contributed by atoms with Crippen LogP contribution >= 0.6 is 0 Å². The lowest BCUT2D eigenvalue weighted by atomic mass is 11.8. The van der Waals surface area contributed by atoms with Crippen molar-refractivity contribution in [3.63, 3.8) is 0 Å². The highest BCUT2D eigenvalue weighted by atomic mass is 28.4. The van der Waals surface area contributed by atoms with Gasteiger partial charge in [-0.3, -0.25) is 0 Å².